The van der Waals surface area contributed by atoms with Crippen molar-refractivity contribution >= 4 is 28.9 Å². The molecule has 1 aliphatic heterocycles. The van der Waals surface area contributed by atoms with Crippen LogP contribution in [0.3, 0.4) is 0 Å². The Morgan fingerprint density at radius 1 is 1.15 bits per heavy atom. The fraction of sp³-hybridized carbons (Fsp3) is 0.276. The summed E-state index contributed by atoms with van der Waals surface area (Å²) in [5.74, 6) is 2.08. The molecule has 3 N–H and O–H groups in total. The molecule has 4 rings (SSSR count). The number of nitrogens with zero attached hydrogens (tertiary/aromatic N) is 3. The van der Waals surface area contributed by atoms with Crippen molar-refractivity contribution in [2.45, 2.75) is 46.5 Å². The summed E-state index contributed by atoms with van der Waals surface area (Å²) in [5.41, 5.74) is 14.4. The standard InChI is InChI=1S/C29H33N5/c1-7-17(4)22-14-20(8-2)26(21(9-3)15-22)23-11-10-12-24-27(23)33-29(34-28(24)30)32-25-13-18(5)19(6)16-31-25/h7,10-18H,1,6,8-9H2,2-5H3,(H3,30,32,33,34). The predicted molar refractivity (Wildman–Crippen MR) is 145 cm³/mol. The predicted octanol–water partition coefficient (Wildman–Crippen LogP) is 6.82. The number of fused-ring (bicyclic) bond motifs is 1. The zero-order valence-electron chi connectivity index (χ0n) is 20.5. The molecule has 0 amide bonds. The van der Waals surface area contributed by atoms with E-state index in [2.05, 4.69) is 74.3 Å². The van der Waals surface area contributed by atoms with Gasteiger partial charge in [-0.3, -0.25) is 0 Å². The summed E-state index contributed by atoms with van der Waals surface area (Å²) in [5, 5.41) is 4.09. The lowest BCUT2D eigenvalue weighted by Crippen LogP contribution is -2.11. The van der Waals surface area contributed by atoms with Crippen molar-refractivity contribution in [3.05, 3.63) is 83.7 Å². The average molecular weight is 452 g/mol. The van der Waals surface area contributed by atoms with Gasteiger partial charge < -0.3 is 11.1 Å². The first kappa shape index (κ1) is 23.4. The minimum absolute atomic E-state index is 0.198. The van der Waals surface area contributed by atoms with Gasteiger partial charge in [-0.05, 0) is 58.7 Å². The second kappa shape index (κ2) is 9.64. The molecule has 2 aromatic carbocycles. The Bertz CT molecular complexity index is 1310. The van der Waals surface area contributed by atoms with Gasteiger partial charge >= 0.3 is 0 Å². The molecule has 174 valence electrons. The molecule has 0 spiro atoms. The molecule has 5 heteroatoms. The Hall–Kier alpha value is -3.73. The Morgan fingerprint density at radius 3 is 2.47 bits per heavy atom. The van der Waals surface area contributed by atoms with Gasteiger partial charge in [0.15, 0.2) is 0 Å². The number of benzene rings is 2. The number of aliphatic imine (C=N–C) groups is 1. The van der Waals surface area contributed by atoms with Gasteiger partial charge in [0.1, 0.15) is 11.6 Å². The van der Waals surface area contributed by atoms with Gasteiger partial charge in [0.2, 0.25) is 5.95 Å². The van der Waals surface area contributed by atoms with Crippen molar-refractivity contribution in [2.24, 2.45) is 10.9 Å². The molecule has 1 aliphatic rings. The SMILES string of the molecule is C=CC(C)c1cc(CC)c(-c2cccc3c(N)nc(NC4=CC(C)C(=C)C=N4)nc23)c(CC)c1. The highest BCUT2D eigenvalue weighted by Gasteiger charge is 2.18. The van der Waals surface area contributed by atoms with Gasteiger partial charge in [0, 0.05) is 23.1 Å². The Labute approximate surface area is 202 Å². The molecule has 0 saturated heterocycles. The highest BCUT2D eigenvalue weighted by atomic mass is 15.2. The summed E-state index contributed by atoms with van der Waals surface area (Å²) >= 11 is 0. The van der Waals surface area contributed by atoms with Crippen LogP contribution in [0.25, 0.3) is 22.0 Å². The van der Waals surface area contributed by atoms with E-state index >= 15 is 0 Å². The van der Waals surface area contributed by atoms with Gasteiger partial charge in [0.25, 0.3) is 0 Å². The van der Waals surface area contributed by atoms with Crippen LogP contribution in [-0.2, 0) is 12.8 Å². The van der Waals surface area contributed by atoms with Crippen LogP contribution in [0.15, 0.2) is 72.0 Å². The molecule has 0 saturated carbocycles. The van der Waals surface area contributed by atoms with E-state index in [-0.39, 0.29) is 5.92 Å². The quantitative estimate of drug-likeness (QED) is 0.386. The van der Waals surface area contributed by atoms with Crippen LogP contribution in [0.1, 0.15) is 50.3 Å². The minimum Gasteiger partial charge on any atom is -0.383 e. The van der Waals surface area contributed by atoms with E-state index in [9.17, 15) is 0 Å². The first-order valence-electron chi connectivity index (χ1n) is 11.9. The Balaban J connectivity index is 1.89. The lowest BCUT2D eigenvalue weighted by molar-refractivity contribution is 0.883. The topological polar surface area (TPSA) is 76.2 Å². The van der Waals surface area contributed by atoms with Crippen molar-refractivity contribution in [2.75, 3.05) is 11.1 Å². The molecule has 2 heterocycles. The van der Waals surface area contributed by atoms with E-state index in [1.54, 1.807) is 6.21 Å². The first-order valence-corrected chi connectivity index (χ1v) is 11.9. The molecule has 1 aromatic heterocycles. The third-order valence-electron chi connectivity index (χ3n) is 6.59. The van der Waals surface area contributed by atoms with Crippen LogP contribution < -0.4 is 11.1 Å². The number of allylic oxidation sites excluding steroid dienone is 3. The third kappa shape index (κ3) is 4.38. The second-order valence-electron chi connectivity index (χ2n) is 8.88. The van der Waals surface area contributed by atoms with Crippen LogP contribution in [-0.4, -0.2) is 16.2 Å². The summed E-state index contributed by atoms with van der Waals surface area (Å²) in [6, 6.07) is 10.8. The summed E-state index contributed by atoms with van der Waals surface area (Å²) in [4.78, 5) is 13.9. The maximum atomic E-state index is 6.41. The summed E-state index contributed by atoms with van der Waals surface area (Å²) in [7, 11) is 0. The molecule has 0 radical (unpaired) electrons. The number of nitrogen functional groups attached to an aromatic ring is 1. The fourth-order valence-electron chi connectivity index (χ4n) is 4.38. The van der Waals surface area contributed by atoms with Gasteiger partial charge in [-0.25, -0.2) is 9.98 Å². The molecular formula is C29H33N5. The van der Waals surface area contributed by atoms with Crippen LogP contribution >= 0.6 is 0 Å². The number of aryl methyl sites for hydroxylation is 2. The van der Waals surface area contributed by atoms with Gasteiger partial charge in [-0.1, -0.05) is 64.6 Å². The molecule has 3 aromatic rings. The van der Waals surface area contributed by atoms with Crippen molar-refractivity contribution < 1.29 is 0 Å². The molecule has 0 fully saturated rings. The van der Waals surface area contributed by atoms with Gasteiger partial charge in [-0.2, -0.15) is 4.98 Å². The highest BCUT2D eigenvalue weighted by Crippen LogP contribution is 2.37. The van der Waals surface area contributed by atoms with E-state index in [4.69, 9.17) is 10.7 Å². The van der Waals surface area contributed by atoms with Crippen LogP contribution in [0.4, 0.5) is 11.8 Å². The van der Waals surface area contributed by atoms with Crippen molar-refractivity contribution in [3.8, 4) is 11.1 Å². The number of aromatic nitrogens is 2. The molecular weight excluding hydrogens is 418 g/mol. The Morgan fingerprint density at radius 2 is 1.85 bits per heavy atom. The lowest BCUT2D eigenvalue weighted by atomic mass is 9.86. The molecule has 34 heavy (non-hydrogen) atoms. The maximum Gasteiger partial charge on any atom is 0.230 e. The molecule has 2 unspecified atom stereocenters. The monoisotopic (exact) mass is 451 g/mol. The van der Waals surface area contributed by atoms with Crippen LogP contribution in [0.2, 0.25) is 0 Å². The lowest BCUT2D eigenvalue weighted by Gasteiger charge is -2.20. The molecule has 5 nitrogen and oxygen atoms in total. The second-order valence-corrected chi connectivity index (χ2v) is 8.88. The number of nitrogens with two attached hydrogens (primary N) is 1. The minimum atomic E-state index is 0.198. The van der Waals surface area contributed by atoms with Crippen molar-refractivity contribution in [3.63, 3.8) is 0 Å². The third-order valence-corrected chi connectivity index (χ3v) is 6.59. The smallest absolute Gasteiger partial charge is 0.230 e. The van der Waals surface area contributed by atoms with E-state index < -0.39 is 0 Å². The van der Waals surface area contributed by atoms with E-state index in [1.807, 2.05) is 24.3 Å². The summed E-state index contributed by atoms with van der Waals surface area (Å²) < 4.78 is 0. The van der Waals surface area contributed by atoms with E-state index in [1.165, 1.54) is 22.3 Å². The van der Waals surface area contributed by atoms with Gasteiger partial charge in [-0.15, -0.1) is 6.58 Å². The largest absolute Gasteiger partial charge is 0.383 e. The maximum absolute atomic E-state index is 6.41. The van der Waals surface area contributed by atoms with Crippen molar-refractivity contribution in [1.29, 1.82) is 0 Å². The molecule has 2 atom stereocenters. The van der Waals surface area contributed by atoms with Gasteiger partial charge in [0.05, 0.1) is 5.52 Å². The fourth-order valence-corrected chi connectivity index (χ4v) is 4.38. The number of para-hydroxylation sites is 1. The number of nitrogens with one attached hydrogen (secondary N) is 1. The molecule has 0 bridgehead atoms. The summed E-state index contributed by atoms with van der Waals surface area (Å²) in [6.45, 7) is 16.7. The average Bonchev–Trinajstić information content (AvgIpc) is 2.84. The molecule has 0 aliphatic carbocycles. The Kier molecular flexibility index (Phi) is 6.64. The number of rotatable bonds is 7. The first-order chi connectivity index (χ1) is 16.4. The zero-order chi connectivity index (χ0) is 24.4. The van der Waals surface area contributed by atoms with Crippen molar-refractivity contribution in [1.82, 2.24) is 9.97 Å². The normalized spacial score (nSPS) is 16.4. The zero-order valence-corrected chi connectivity index (χ0v) is 20.5. The number of hydrogen-bond donors (Lipinski definition) is 2. The summed E-state index contributed by atoms with van der Waals surface area (Å²) in [6.07, 6.45) is 7.63. The highest BCUT2D eigenvalue weighted by molar-refractivity contribution is 6.00. The van der Waals surface area contributed by atoms with Crippen LogP contribution in [0.5, 0.6) is 0 Å². The van der Waals surface area contributed by atoms with E-state index in [0.717, 1.165) is 34.9 Å². The number of hydrogen-bond acceptors (Lipinski definition) is 5. The van der Waals surface area contributed by atoms with Crippen LogP contribution in [0, 0.1) is 5.92 Å². The number of anilines is 2. The van der Waals surface area contributed by atoms with E-state index in [0.29, 0.717) is 23.5 Å².